The highest BCUT2D eigenvalue weighted by atomic mass is 16.5. The summed E-state index contributed by atoms with van der Waals surface area (Å²) < 4.78 is 6.12. The maximum atomic E-state index is 6.12. The molecule has 2 heteroatoms. The quantitative estimate of drug-likeness (QED) is 0.848. The lowest BCUT2D eigenvalue weighted by Gasteiger charge is -2.28. The molecule has 0 radical (unpaired) electrons. The van der Waals surface area contributed by atoms with Gasteiger partial charge in [-0.2, -0.15) is 0 Å². The fourth-order valence-electron chi connectivity index (χ4n) is 3.37. The number of likely N-dealkylation sites (N-methyl/N-ethyl adjacent to an activating group) is 1. The van der Waals surface area contributed by atoms with E-state index in [0.717, 1.165) is 24.9 Å². The van der Waals surface area contributed by atoms with Crippen molar-refractivity contribution >= 4 is 0 Å². The summed E-state index contributed by atoms with van der Waals surface area (Å²) in [5, 5.41) is 0. The van der Waals surface area contributed by atoms with Gasteiger partial charge in [0, 0.05) is 0 Å². The van der Waals surface area contributed by atoms with Crippen LogP contribution in [0.5, 0.6) is 5.75 Å². The van der Waals surface area contributed by atoms with Gasteiger partial charge in [-0.05, 0) is 55.7 Å². The van der Waals surface area contributed by atoms with Crippen LogP contribution in [0, 0.1) is 6.92 Å². The van der Waals surface area contributed by atoms with E-state index >= 15 is 0 Å². The molecular formula is C19H32NO+. The number of ether oxygens (including phenoxy) is 1. The van der Waals surface area contributed by atoms with Crippen LogP contribution >= 0.6 is 0 Å². The molecule has 1 saturated carbocycles. The van der Waals surface area contributed by atoms with Crippen LogP contribution in [-0.2, 0) is 0 Å². The van der Waals surface area contributed by atoms with E-state index in [9.17, 15) is 0 Å². The molecule has 1 aromatic rings. The van der Waals surface area contributed by atoms with E-state index in [-0.39, 0.29) is 0 Å². The molecule has 1 aromatic carbocycles. The highest BCUT2D eigenvalue weighted by Crippen LogP contribution is 2.27. The lowest BCUT2D eigenvalue weighted by molar-refractivity contribution is -0.907. The van der Waals surface area contributed by atoms with Crippen LogP contribution in [0.25, 0.3) is 0 Å². The number of hydrogen-bond donors (Lipinski definition) is 1. The van der Waals surface area contributed by atoms with Gasteiger partial charge in [-0.15, -0.1) is 0 Å². The number of quaternary nitrogens is 1. The van der Waals surface area contributed by atoms with Gasteiger partial charge in [0.05, 0.1) is 13.1 Å². The Morgan fingerprint density at radius 2 is 1.90 bits per heavy atom. The Kier molecular flexibility index (Phi) is 6.10. The summed E-state index contributed by atoms with van der Waals surface area (Å²) in [7, 11) is 2.33. The number of benzene rings is 1. The largest absolute Gasteiger partial charge is 0.487 e. The highest BCUT2D eigenvalue weighted by Gasteiger charge is 2.21. The average Bonchev–Trinajstić information content (AvgIpc) is 2.48. The van der Waals surface area contributed by atoms with Gasteiger partial charge in [0.1, 0.15) is 18.9 Å². The van der Waals surface area contributed by atoms with Crippen molar-refractivity contribution < 1.29 is 9.64 Å². The predicted octanol–water partition coefficient (Wildman–Crippen LogP) is 3.34. The summed E-state index contributed by atoms with van der Waals surface area (Å²) in [4.78, 5) is 1.65. The smallest absolute Gasteiger partial charge is 0.137 e. The second-order valence-electron chi connectivity index (χ2n) is 6.98. The molecule has 0 aromatic heterocycles. The zero-order chi connectivity index (χ0) is 15.2. The molecule has 118 valence electrons. The summed E-state index contributed by atoms with van der Waals surface area (Å²) in [5.41, 5.74) is 2.61. The summed E-state index contributed by atoms with van der Waals surface area (Å²) in [6.45, 7) is 8.53. The molecule has 0 amide bonds. The van der Waals surface area contributed by atoms with Gasteiger partial charge >= 0.3 is 0 Å². The summed E-state index contributed by atoms with van der Waals surface area (Å²) in [5.74, 6) is 1.60. The van der Waals surface area contributed by atoms with E-state index in [2.05, 4.69) is 46.0 Å². The van der Waals surface area contributed by atoms with E-state index in [0.29, 0.717) is 5.92 Å². The van der Waals surface area contributed by atoms with Crippen LogP contribution in [0.3, 0.4) is 0 Å². The number of hydrogen-bond acceptors (Lipinski definition) is 1. The SMILES string of the molecule is Cc1ccc(C(C)C)c(OCC[NH+](C)C2CCCCC2)c1. The van der Waals surface area contributed by atoms with Crippen molar-refractivity contribution in [2.24, 2.45) is 0 Å². The lowest BCUT2D eigenvalue weighted by atomic mass is 9.94. The molecule has 2 nitrogen and oxygen atoms in total. The Bertz CT molecular complexity index is 435. The number of nitrogens with one attached hydrogen (secondary N) is 1. The zero-order valence-corrected chi connectivity index (χ0v) is 14.2. The van der Waals surface area contributed by atoms with E-state index in [4.69, 9.17) is 4.74 Å². The van der Waals surface area contributed by atoms with Crippen LogP contribution in [0.2, 0.25) is 0 Å². The first-order valence-corrected chi connectivity index (χ1v) is 8.63. The van der Waals surface area contributed by atoms with Crippen LogP contribution in [-0.4, -0.2) is 26.2 Å². The van der Waals surface area contributed by atoms with E-state index in [1.165, 1.54) is 43.2 Å². The molecule has 1 fully saturated rings. The first-order chi connectivity index (χ1) is 10.1. The molecule has 0 heterocycles. The molecule has 1 unspecified atom stereocenters. The van der Waals surface area contributed by atoms with Crippen LogP contribution in [0.15, 0.2) is 18.2 Å². The highest BCUT2D eigenvalue weighted by molar-refractivity contribution is 5.39. The third-order valence-corrected chi connectivity index (χ3v) is 4.85. The first-order valence-electron chi connectivity index (χ1n) is 8.63. The first kappa shape index (κ1) is 16.4. The molecular weight excluding hydrogens is 258 g/mol. The van der Waals surface area contributed by atoms with E-state index in [1.54, 1.807) is 4.90 Å². The van der Waals surface area contributed by atoms with Crippen molar-refractivity contribution in [3.05, 3.63) is 29.3 Å². The molecule has 0 aliphatic heterocycles. The van der Waals surface area contributed by atoms with Crippen molar-refractivity contribution in [2.75, 3.05) is 20.2 Å². The maximum absolute atomic E-state index is 6.12. The third-order valence-electron chi connectivity index (χ3n) is 4.85. The topological polar surface area (TPSA) is 13.7 Å². The molecule has 0 bridgehead atoms. The number of rotatable bonds is 6. The Morgan fingerprint density at radius 1 is 1.19 bits per heavy atom. The number of aryl methyl sites for hydroxylation is 1. The van der Waals surface area contributed by atoms with Crippen LogP contribution in [0.1, 0.15) is 63.0 Å². The molecule has 1 aliphatic carbocycles. The molecule has 1 N–H and O–H groups in total. The Labute approximate surface area is 130 Å². The Morgan fingerprint density at radius 3 is 2.57 bits per heavy atom. The Hall–Kier alpha value is -1.02. The van der Waals surface area contributed by atoms with Crippen molar-refractivity contribution in [1.82, 2.24) is 0 Å². The molecule has 1 aliphatic rings. The van der Waals surface area contributed by atoms with Crippen molar-refractivity contribution in [3.8, 4) is 5.75 Å². The fraction of sp³-hybridized carbons (Fsp3) is 0.684. The van der Waals surface area contributed by atoms with Gasteiger partial charge in [0.25, 0.3) is 0 Å². The molecule has 21 heavy (non-hydrogen) atoms. The van der Waals surface area contributed by atoms with Crippen molar-refractivity contribution in [2.45, 2.75) is 64.8 Å². The molecule has 0 spiro atoms. The summed E-state index contributed by atoms with van der Waals surface area (Å²) in [6.07, 6.45) is 7.05. The van der Waals surface area contributed by atoms with Gasteiger partial charge < -0.3 is 9.64 Å². The second kappa shape index (κ2) is 7.84. The summed E-state index contributed by atoms with van der Waals surface area (Å²) >= 11 is 0. The minimum absolute atomic E-state index is 0.518. The average molecular weight is 290 g/mol. The molecule has 1 atom stereocenters. The Balaban J connectivity index is 1.86. The normalized spacial score (nSPS) is 18.0. The summed E-state index contributed by atoms with van der Waals surface area (Å²) in [6, 6.07) is 7.43. The van der Waals surface area contributed by atoms with Gasteiger partial charge in [-0.1, -0.05) is 32.4 Å². The third kappa shape index (κ3) is 4.74. The van der Waals surface area contributed by atoms with Gasteiger partial charge in [-0.25, -0.2) is 0 Å². The minimum atomic E-state index is 0.518. The van der Waals surface area contributed by atoms with Crippen LogP contribution < -0.4 is 9.64 Å². The zero-order valence-electron chi connectivity index (χ0n) is 14.2. The van der Waals surface area contributed by atoms with Gasteiger partial charge in [-0.3, -0.25) is 0 Å². The molecule has 0 saturated heterocycles. The van der Waals surface area contributed by atoms with Gasteiger partial charge in [0.2, 0.25) is 0 Å². The maximum Gasteiger partial charge on any atom is 0.137 e. The fourth-order valence-corrected chi connectivity index (χ4v) is 3.37. The van der Waals surface area contributed by atoms with Crippen molar-refractivity contribution in [1.29, 1.82) is 0 Å². The van der Waals surface area contributed by atoms with E-state index in [1.807, 2.05) is 0 Å². The predicted molar refractivity (Wildman–Crippen MR) is 89.4 cm³/mol. The standard InChI is InChI=1S/C19H31NO/c1-15(2)18-11-10-16(3)14-19(18)21-13-12-20(4)17-8-6-5-7-9-17/h10-11,14-15,17H,5-9,12-13H2,1-4H3/p+1. The minimum Gasteiger partial charge on any atom is -0.487 e. The van der Waals surface area contributed by atoms with Crippen molar-refractivity contribution in [3.63, 3.8) is 0 Å². The van der Waals surface area contributed by atoms with E-state index < -0.39 is 0 Å². The van der Waals surface area contributed by atoms with Crippen LogP contribution in [0.4, 0.5) is 0 Å². The second-order valence-corrected chi connectivity index (χ2v) is 6.98. The molecule has 2 rings (SSSR count). The van der Waals surface area contributed by atoms with Gasteiger partial charge in [0.15, 0.2) is 0 Å². The monoisotopic (exact) mass is 290 g/mol. The lowest BCUT2D eigenvalue weighted by Crippen LogP contribution is -3.13.